The highest BCUT2D eigenvalue weighted by Crippen LogP contribution is 2.26. The molecule has 0 bridgehead atoms. The summed E-state index contributed by atoms with van der Waals surface area (Å²) in [5.41, 5.74) is 2.05. The molecule has 2 N–H and O–H groups in total. The summed E-state index contributed by atoms with van der Waals surface area (Å²) >= 11 is 0. The number of carbonyl (C=O) groups excluding carboxylic acids is 2. The van der Waals surface area contributed by atoms with Crippen molar-refractivity contribution >= 4 is 11.8 Å². The first kappa shape index (κ1) is 50.1. The van der Waals surface area contributed by atoms with Crippen LogP contribution in [0.4, 0.5) is 0 Å². The van der Waals surface area contributed by atoms with Crippen molar-refractivity contribution < 1.29 is 9.59 Å². The van der Waals surface area contributed by atoms with Gasteiger partial charge in [0.05, 0.1) is 47.9 Å². The molecule has 1 rings (SSSR count). The Morgan fingerprint density at radius 3 is 0.946 bits per heavy atom. The number of benzene rings is 1. The Balaban J connectivity index is 2.12. The van der Waals surface area contributed by atoms with Gasteiger partial charge < -0.3 is 10.6 Å². The molecule has 0 saturated heterocycles. The Morgan fingerprint density at radius 1 is 0.429 bits per heavy atom. The first-order valence-electron chi connectivity index (χ1n) is 22.6. The third kappa shape index (κ3) is 26.1. The number of nitriles is 4. The van der Waals surface area contributed by atoms with Crippen LogP contribution in [0.3, 0.4) is 0 Å². The van der Waals surface area contributed by atoms with E-state index in [0.717, 1.165) is 127 Å². The molecule has 4 atom stereocenters. The lowest BCUT2D eigenvalue weighted by Crippen LogP contribution is -2.23. The summed E-state index contributed by atoms with van der Waals surface area (Å²) < 4.78 is 0. The van der Waals surface area contributed by atoms with E-state index in [2.05, 4.69) is 48.8 Å². The molecular weight excluding hydrogens is 693 g/mol. The fourth-order valence-corrected chi connectivity index (χ4v) is 7.43. The van der Waals surface area contributed by atoms with Crippen molar-refractivity contribution in [1.29, 1.82) is 21.0 Å². The number of nitrogens with one attached hydrogen (secondary N) is 2. The molecule has 2 amide bonds. The molecule has 1 aromatic rings. The Bertz CT molecular complexity index is 1220. The maximum Gasteiger partial charge on any atom is 0.220 e. The van der Waals surface area contributed by atoms with Crippen LogP contribution in [0.15, 0.2) is 24.3 Å². The monoisotopic (exact) mass is 769 g/mol. The van der Waals surface area contributed by atoms with Gasteiger partial charge >= 0.3 is 0 Å². The molecule has 0 aliphatic carbocycles. The third-order valence-corrected chi connectivity index (χ3v) is 11.2. The van der Waals surface area contributed by atoms with Gasteiger partial charge in [0.1, 0.15) is 0 Å². The summed E-state index contributed by atoms with van der Waals surface area (Å²) in [5, 5.41) is 44.5. The van der Waals surface area contributed by atoms with Gasteiger partial charge in [-0.1, -0.05) is 167 Å². The van der Waals surface area contributed by atoms with Crippen LogP contribution in [-0.4, -0.2) is 11.8 Å². The summed E-state index contributed by atoms with van der Waals surface area (Å²) in [5.74, 6) is -0.558. The van der Waals surface area contributed by atoms with Crippen LogP contribution in [0.2, 0.25) is 0 Å². The van der Waals surface area contributed by atoms with Gasteiger partial charge in [0.15, 0.2) is 0 Å². The Kier molecular flexibility index (Phi) is 31.8. The highest BCUT2D eigenvalue weighted by molar-refractivity contribution is 5.76. The van der Waals surface area contributed by atoms with E-state index < -0.39 is 0 Å². The summed E-state index contributed by atoms with van der Waals surface area (Å²) in [7, 11) is 0. The van der Waals surface area contributed by atoms with Gasteiger partial charge in [-0.3, -0.25) is 9.59 Å². The van der Waals surface area contributed by atoms with E-state index >= 15 is 0 Å². The number of nitrogens with zero attached hydrogens (tertiary/aromatic N) is 4. The molecular formula is C48H76N6O2. The first-order valence-corrected chi connectivity index (χ1v) is 22.6. The Morgan fingerprint density at radius 2 is 0.679 bits per heavy atom. The molecule has 0 aromatic heterocycles. The average Bonchev–Trinajstić information content (AvgIpc) is 3.22. The minimum absolute atomic E-state index is 0.0512. The molecule has 0 saturated carbocycles. The minimum atomic E-state index is -0.174. The van der Waals surface area contributed by atoms with E-state index in [9.17, 15) is 30.6 Å². The van der Waals surface area contributed by atoms with Gasteiger partial charge in [-0.25, -0.2) is 0 Å². The highest BCUT2D eigenvalue weighted by atomic mass is 16.2. The largest absolute Gasteiger partial charge is 0.352 e. The zero-order valence-corrected chi connectivity index (χ0v) is 35.4. The third-order valence-electron chi connectivity index (χ3n) is 11.2. The molecule has 8 nitrogen and oxygen atoms in total. The number of rotatable bonds is 36. The van der Waals surface area contributed by atoms with Crippen LogP contribution < -0.4 is 10.6 Å². The van der Waals surface area contributed by atoms with Crippen molar-refractivity contribution in [3.05, 3.63) is 35.4 Å². The zero-order valence-electron chi connectivity index (χ0n) is 35.4. The smallest absolute Gasteiger partial charge is 0.220 e. The van der Waals surface area contributed by atoms with Gasteiger partial charge in [0, 0.05) is 25.9 Å². The lowest BCUT2D eigenvalue weighted by Gasteiger charge is -2.15. The van der Waals surface area contributed by atoms with Crippen molar-refractivity contribution in [2.45, 2.75) is 207 Å². The number of amides is 2. The van der Waals surface area contributed by atoms with E-state index in [0.29, 0.717) is 25.9 Å². The molecule has 0 heterocycles. The van der Waals surface area contributed by atoms with Gasteiger partial charge in [-0.15, -0.1) is 0 Å². The average molecular weight is 769 g/mol. The fraction of sp³-hybridized carbons (Fsp3) is 0.750. The van der Waals surface area contributed by atoms with Crippen LogP contribution in [-0.2, 0) is 22.7 Å². The van der Waals surface area contributed by atoms with E-state index in [4.69, 9.17) is 0 Å². The number of hydrogen-bond donors (Lipinski definition) is 2. The van der Waals surface area contributed by atoms with E-state index in [1.807, 2.05) is 24.3 Å². The second-order valence-electron chi connectivity index (χ2n) is 16.0. The molecule has 0 aliphatic heterocycles. The molecule has 0 fully saturated rings. The topological polar surface area (TPSA) is 153 Å². The molecule has 4 unspecified atom stereocenters. The van der Waals surface area contributed by atoms with Crippen molar-refractivity contribution in [3.8, 4) is 24.3 Å². The highest BCUT2D eigenvalue weighted by Gasteiger charge is 2.21. The van der Waals surface area contributed by atoms with Crippen molar-refractivity contribution in [1.82, 2.24) is 10.6 Å². The predicted molar refractivity (Wildman–Crippen MR) is 227 cm³/mol. The van der Waals surface area contributed by atoms with Gasteiger partial charge in [0.2, 0.25) is 11.8 Å². The lowest BCUT2D eigenvalue weighted by atomic mass is 9.86. The van der Waals surface area contributed by atoms with Crippen LogP contribution >= 0.6 is 0 Å². The standard InChI is InChI=1S/C48H76N6O2/c1-3-5-7-9-13-19-25-43(35-49)45(37-51)27-21-15-11-17-23-29-47(55)53-39-41-31-33-42(34-32-41)40-54-48(56)30-24-18-12-16-22-28-46(38-52)44(36-50)26-20-14-10-8-6-4-2/h31-34,43-46H,3-30,39-40H2,1-2H3,(H,53,55)(H,54,56). The summed E-state index contributed by atoms with van der Waals surface area (Å²) in [4.78, 5) is 24.8. The maximum atomic E-state index is 12.4. The van der Waals surface area contributed by atoms with Crippen LogP contribution in [0.25, 0.3) is 0 Å². The van der Waals surface area contributed by atoms with E-state index in [1.54, 1.807) is 0 Å². The molecule has 0 spiro atoms. The van der Waals surface area contributed by atoms with Crippen LogP contribution in [0.5, 0.6) is 0 Å². The first-order chi connectivity index (χ1) is 27.4. The quantitative estimate of drug-likeness (QED) is 0.0648. The predicted octanol–water partition coefficient (Wildman–Crippen LogP) is 12.4. The van der Waals surface area contributed by atoms with Gasteiger partial charge in [-0.2, -0.15) is 21.0 Å². The van der Waals surface area contributed by atoms with Crippen molar-refractivity contribution in [2.24, 2.45) is 23.7 Å². The van der Waals surface area contributed by atoms with Gasteiger partial charge in [-0.05, 0) is 49.7 Å². The Labute approximate surface area is 342 Å². The normalized spacial score (nSPS) is 13.0. The van der Waals surface area contributed by atoms with E-state index in [1.165, 1.54) is 51.4 Å². The number of unbranched alkanes of at least 4 members (excludes halogenated alkanes) is 18. The molecule has 1 aromatic carbocycles. The second kappa shape index (κ2) is 35.5. The number of hydrogen-bond acceptors (Lipinski definition) is 6. The SMILES string of the molecule is CCCCCCCCC(C#N)C(C#N)CCCCCCCC(=O)NCc1ccc(CNC(=O)CCCCCCCC(C#N)C(C#N)CCCCCCCC)cc1. The minimum Gasteiger partial charge on any atom is -0.352 e. The molecule has 0 aliphatic rings. The van der Waals surface area contributed by atoms with Crippen molar-refractivity contribution in [2.75, 3.05) is 0 Å². The Hall–Kier alpha value is -3.88. The lowest BCUT2D eigenvalue weighted by molar-refractivity contribution is -0.122. The molecule has 8 heteroatoms. The summed E-state index contributed by atoms with van der Waals surface area (Å²) in [6, 6.07) is 17.5. The van der Waals surface area contributed by atoms with Crippen molar-refractivity contribution in [3.63, 3.8) is 0 Å². The molecule has 310 valence electrons. The summed E-state index contributed by atoms with van der Waals surface area (Å²) in [6.45, 7) is 5.38. The maximum absolute atomic E-state index is 12.4. The fourth-order valence-electron chi connectivity index (χ4n) is 7.43. The summed E-state index contributed by atoms with van der Waals surface area (Å²) in [6.07, 6.45) is 28.3. The number of carbonyl (C=O) groups is 2. The van der Waals surface area contributed by atoms with Crippen LogP contribution in [0, 0.1) is 69.0 Å². The zero-order chi connectivity index (χ0) is 40.9. The van der Waals surface area contributed by atoms with E-state index in [-0.39, 0.29) is 35.5 Å². The second-order valence-corrected chi connectivity index (χ2v) is 16.0. The molecule has 0 radical (unpaired) electrons. The van der Waals surface area contributed by atoms with Crippen LogP contribution in [0.1, 0.15) is 205 Å². The molecule has 56 heavy (non-hydrogen) atoms. The van der Waals surface area contributed by atoms with Gasteiger partial charge in [0.25, 0.3) is 0 Å².